The number of hydrogen-bond donors (Lipinski definition) is 0. The van der Waals surface area contributed by atoms with Gasteiger partial charge in [0.25, 0.3) is 5.22 Å². The smallest absolute Gasteiger partial charge is 0.277 e. The van der Waals surface area contributed by atoms with Crippen molar-refractivity contribution in [2.75, 3.05) is 12.9 Å². The molecule has 4 aromatic rings. The minimum absolute atomic E-state index is 0.0243. The first-order valence-electron chi connectivity index (χ1n) is 9.23. The maximum atomic E-state index is 12.8. The summed E-state index contributed by atoms with van der Waals surface area (Å²) in [5.41, 5.74) is 3.15. The summed E-state index contributed by atoms with van der Waals surface area (Å²) >= 11 is 1.21. The molecule has 3 aromatic heterocycles. The number of carbonyl (C=O) groups is 1. The fourth-order valence-corrected chi connectivity index (χ4v) is 3.83. The first-order chi connectivity index (χ1) is 14.5. The zero-order valence-corrected chi connectivity index (χ0v) is 17.8. The van der Waals surface area contributed by atoms with Crippen LogP contribution in [0.25, 0.3) is 17.3 Å². The normalized spacial score (nSPS) is 11.1. The van der Waals surface area contributed by atoms with Crippen molar-refractivity contribution >= 4 is 17.5 Å². The predicted octanol–water partition coefficient (Wildman–Crippen LogP) is 4.42. The lowest BCUT2D eigenvalue weighted by Gasteiger charge is -2.04. The van der Waals surface area contributed by atoms with Gasteiger partial charge in [0.1, 0.15) is 11.5 Å². The third kappa shape index (κ3) is 3.88. The fraction of sp³-hybridized carbons (Fsp3) is 0.238. The lowest BCUT2D eigenvalue weighted by atomic mass is 10.2. The highest BCUT2D eigenvalue weighted by atomic mass is 32.2. The van der Waals surface area contributed by atoms with Crippen molar-refractivity contribution in [3.05, 3.63) is 59.1 Å². The van der Waals surface area contributed by atoms with E-state index in [1.165, 1.54) is 11.8 Å². The number of carbonyl (C=O) groups excluding carboxylic acids is 1. The number of nitrogens with zero attached hydrogens (tertiary/aromatic N) is 4. The van der Waals surface area contributed by atoms with Crippen molar-refractivity contribution in [1.29, 1.82) is 0 Å². The zero-order chi connectivity index (χ0) is 21.3. The van der Waals surface area contributed by atoms with Crippen LogP contribution in [-0.2, 0) is 0 Å². The van der Waals surface area contributed by atoms with Crippen molar-refractivity contribution in [3.8, 4) is 23.0 Å². The fourth-order valence-electron chi connectivity index (χ4n) is 3.18. The van der Waals surface area contributed by atoms with Gasteiger partial charge in [0.15, 0.2) is 11.6 Å². The molecule has 0 saturated carbocycles. The van der Waals surface area contributed by atoms with E-state index in [9.17, 15) is 4.79 Å². The van der Waals surface area contributed by atoms with Gasteiger partial charge in [-0.2, -0.15) is 0 Å². The Morgan fingerprint density at radius 3 is 2.57 bits per heavy atom. The van der Waals surface area contributed by atoms with Gasteiger partial charge in [0.2, 0.25) is 5.89 Å². The van der Waals surface area contributed by atoms with Gasteiger partial charge in [-0.15, -0.1) is 10.2 Å². The highest BCUT2D eigenvalue weighted by Crippen LogP contribution is 2.27. The molecular formula is C21H20N4O4S. The molecule has 9 heteroatoms. The van der Waals surface area contributed by atoms with Gasteiger partial charge in [-0.1, -0.05) is 16.9 Å². The van der Waals surface area contributed by atoms with E-state index in [0.29, 0.717) is 28.3 Å². The van der Waals surface area contributed by atoms with Gasteiger partial charge in [-0.25, -0.2) is 0 Å². The van der Waals surface area contributed by atoms with Crippen molar-refractivity contribution in [2.45, 2.75) is 26.0 Å². The zero-order valence-electron chi connectivity index (χ0n) is 17.0. The van der Waals surface area contributed by atoms with E-state index in [2.05, 4.69) is 15.4 Å². The summed E-state index contributed by atoms with van der Waals surface area (Å²) < 4.78 is 17.9. The summed E-state index contributed by atoms with van der Waals surface area (Å²) in [5, 5.41) is 12.5. The van der Waals surface area contributed by atoms with Crippen LogP contribution in [0.2, 0.25) is 0 Å². The second-order valence-electron chi connectivity index (χ2n) is 6.73. The number of rotatable bonds is 7. The van der Waals surface area contributed by atoms with Crippen LogP contribution in [-0.4, -0.2) is 38.6 Å². The third-order valence-corrected chi connectivity index (χ3v) is 5.46. The molecule has 0 amide bonds. The van der Waals surface area contributed by atoms with Crippen LogP contribution in [0.1, 0.15) is 27.5 Å². The third-order valence-electron chi connectivity index (χ3n) is 4.65. The Bertz CT molecular complexity index is 1190. The summed E-state index contributed by atoms with van der Waals surface area (Å²) in [7, 11) is 1.61. The standard InChI is InChI=1S/C21H20N4O4S/c1-12-9-17(14(3)25(12)19-10-13(2)29-24-19)18(26)11-30-21-23-22-20(28-21)15-5-7-16(27-4)8-6-15/h5-10H,11H2,1-4H3. The van der Waals surface area contributed by atoms with Crippen LogP contribution in [0.4, 0.5) is 0 Å². The molecule has 3 heterocycles. The Labute approximate surface area is 177 Å². The summed E-state index contributed by atoms with van der Waals surface area (Å²) in [6.07, 6.45) is 0. The van der Waals surface area contributed by atoms with Gasteiger partial charge in [0, 0.05) is 28.6 Å². The predicted molar refractivity (Wildman–Crippen MR) is 111 cm³/mol. The SMILES string of the molecule is COc1ccc(-c2nnc(SCC(=O)c3cc(C)n(-c4cc(C)on4)c3C)o2)cc1. The Morgan fingerprint density at radius 1 is 1.13 bits per heavy atom. The van der Waals surface area contributed by atoms with Crippen molar-refractivity contribution in [1.82, 2.24) is 19.9 Å². The number of thioether (sulfide) groups is 1. The first kappa shape index (κ1) is 20.0. The lowest BCUT2D eigenvalue weighted by molar-refractivity contribution is 0.102. The minimum Gasteiger partial charge on any atom is -0.497 e. The number of benzene rings is 1. The Morgan fingerprint density at radius 2 is 1.90 bits per heavy atom. The average Bonchev–Trinajstić information content (AvgIpc) is 3.45. The van der Waals surface area contributed by atoms with E-state index < -0.39 is 0 Å². The number of aromatic nitrogens is 4. The molecule has 0 N–H and O–H groups in total. The molecule has 4 rings (SSSR count). The summed E-state index contributed by atoms with van der Waals surface area (Å²) in [6.45, 7) is 5.65. The van der Waals surface area contributed by atoms with E-state index in [1.807, 2.05) is 61.7 Å². The molecule has 30 heavy (non-hydrogen) atoms. The van der Waals surface area contributed by atoms with E-state index in [1.54, 1.807) is 7.11 Å². The Balaban J connectivity index is 1.46. The molecule has 0 aliphatic heterocycles. The van der Waals surface area contributed by atoms with Gasteiger partial charge in [-0.05, 0) is 51.1 Å². The van der Waals surface area contributed by atoms with Crippen molar-refractivity contribution in [3.63, 3.8) is 0 Å². The molecule has 0 aliphatic carbocycles. The molecule has 1 aromatic carbocycles. The highest BCUT2D eigenvalue weighted by Gasteiger charge is 2.19. The van der Waals surface area contributed by atoms with Gasteiger partial charge in [-0.3, -0.25) is 9.36 Å². The molecule has 0 bridgehead atoms. The Hall–Kier alpha value is -3.33. The maximum absolute atomic E-state index is 12.8. The van der Waals surface area contributed by atoms with Crippen LogP contribution in [0.15, 0.2) is 50.6 Å². The summed E-state index contributed by atoms with van der Waals surface area (Å²) in [6, 6.07) is 11.0. The second kappa shape index (κ2) is 8.19. The molecular weight excluding hydrogens is 404 g/mol. The van der Waals surface area contributed by atoms with Gasteiger partial charge >= 0.3 is 0 Å². The number of ketones is 1. The number of Topliss-reactive ketones (excluding diaryl/α,β-unsaturated/α-hetero) is 1. The van der Waals surface area contributed by atoms with Gasteiger partial charge < -0.3 is 13.7 Å². The quantitative estimate of drug-likeness (QED) is 0.318. The molecule has 0 radical (unpaired) electrons. The number of ether oxygens (including phenoxy) is 1. The summed E-state index contributed by atoms with van der Waals surface area (Å²) in [5.74, 6) is 2.68. The topological polar surface area (TPSA) is 96.2 Å². The lowest BCUT2D eigenvalue weighted by Crippen LogP contribution is -2.05. The molecule has 154 valence electrons. The second-order valence-corrected chi connectivity index (χ2v) is 7.66. The number of methoxy groups -OCH3 is 1. The molecule has 0 unspecified atom stereocenters. The minimum atomic E-state index is -0.0243. The van der Waals surface area contributed by atoms with Crippen molar-refractivity contribution < 1.29 is 18.5 Å². The molecule has 0 fully saturated rings. The maximum Gasteiger partial charge on any atom is 0.277 e. The Kier molecular flexibility index (Phi) is 5.45. The molecule has 0 saturated heterocycles. The van der Waals surface area contributed by atoms with E-state index >= 15 is 0 Å². The van der Waals surface area contributed by atoms with Crippen LogP contribution >= 0.6 is 11.8 Å². The van der Waals surface area contributed by atoms with E-state index in [4.69, 9.17) is 13.7 Å². The summed E-state index contributed by atoms with van der Waals surface area (Å²) in [4.78, 5) is 12.8. The van der Waals surface area contributed by atoms with Crippen LogP contribution in [0, 0.1) is 20.8 Å². The molecule has 8 nitrogen and oxygen atoms in total. The van der Waals surface area contributed by atoms with Crippen molar-refractivity contribution in [2.24, 2.45) is 0 Å². The molecule has 0 aliphatic rings. The van der Waals surface area contributed by atoms with E-state index in [-0.39, 0.29) is 11.5 Å². The van der Waals surface area contributed by atoms with Crippen LogP contribution in [0.5, 0.6) is 5.75 Å². The monoisotopic (exact) mass is 424 g/mol. The number of hydrogen-bond acceptors (Lipinski definition) is 8. The average molecular weight is 424 g/mol. The van der Waals surface area contributed by atoms with E-state index in [0.717, 1.165) is 22.7 Å². The first-order valence-corrected chi connectivity index (χ1v) is 10.2. The molecule has 0 atom stereocenters. The molecule has 0 spiro atoms. The number of aryl methyl sites for hydroxylation is 2. The highest BCUT2D eigenvalue weighted by molar-refractivity contribution is 7.99. The largest absolute Gasteiger partial charge is 0.497 e. The van der Waals surface area contributed by atoms with Crippen LogP contribution < -0.4 is 4.74 Å². The van der Waals surface area contributed by atoms with Gasteiger partial charge in [0.05, 0.1) is 12.9 Å². The van der Waals surface area contributed by atoms with Crippen LogP contribution in [0.3, 0.4) is 0 Å².